The van der Waals surface area contributed by atoms with Crippen LogP contribution in [-0.4, -0.2) is 95.9 Å². The van der Waals surface area contributed by atoms with Crippen molar-refractivity contribution in [1.82, 2.24) is 0 Å². The molecule has 16 nitrogen and oxygen atoms in total. The summed E-state index contributed by atoms with van der Waals surface area (Å²) >= 11 is 0. The van der Waals surface area contributed by atoms with Crippen LogP contribution in [0.5, 0.6) is 0 Å². The zero-order valence-electron chi connectivity index (χ0n) is 61.5. The number of esters is 3. The van der Waals surface area contributed by atoms with E-state index in [9.17, 15) is 43.5 Å². The molecule has 5 unspecified atom stereocenters. The number of hydrogen-bond acceptors (Lipinski definition) is 14. The van der Waals surface area contributed by atoms with Gasteiger partial charge in [-0.25, -0.2) is 9.13 Å². The van der Waals surface area contributed by atoms with E-state index in [0.29, 0.717) is 19.3 Å². The number of hydrogen-bond donors (Lipinski definition) is 4. The second-order valence-electron chi connectivity index (χ2n) is 26.2. The SMILES string of the molecule is CCC/C=C\C/C=C\CCCCCCCC(=O)OCC(COP(=O)(O)OCC(O)COP(=O)(O)OCC(O)COC(=O)CCCCCCCCCCCCCCCCCCCCC/C=C\C/C=C\C/C=C\C/C=C\CCCCC)OC(=O)CCCCCCC/C=C\CCCCCC. The molecule has 0 aromatic carbocycles. The van der Waals surface area contributed by atoms with E-state index in [2.05, 4.69) is 106 Å². The maximum Gasteiger partial charge on any atom is 0.472 e. The standard InChI is InChI=1S/C79H142O16P2/c1-4-7-10-13-16-19-22-25-26-27-28-29-30-31-32-33-34-35-36-37-38-39-40-41-42-43-44-45-46-49-51-53-56-59-62-65-77(82)89-68-74(80)69-91-96(85,86)92-70-75(81)71-93-97(87,88)94-73-76(95-79(84)67-64-61-58-55-52-48-24-21-18-15-12-9-6-3)72-90-78(83)66-63-60-57-54-50-47-23-20-17-14-11-8-5-2/h11,14,16,19-21,23-26,28-29,31-32,74-76,80-81H,4-10,12-13,15,17-18,22,27,30,33-73H2,1-3H3,(H,85,86)(H,87,88)/b14-11-,19-16-,23-20-,24-21-,26-25-,29-28-,32-31-. The Hall–Kier alpha value is -3.27. The molecule has 4 N–H and O–H groups in total. The maximum atomic E-state index is 12.9. The van der Waals surface area contributed by atoms with E-state index < -0.39 is 91.5 Å². The smallest absolute Gasteiger partial charge is 0.463 e. The van der Waals surface area contributed by atoms with Crippen LogP contribution in [0, 0.1) is 0 Å². The third kappa shape index (κ3) is 73.8. The van der Waals surface area contributed by atoms with Gasteiger partial charge in [0.25, 0.3) is 0 Å². The highest BCUT2D eigenvalue weighted by Gasteiger charge is 2.29. The van der Waals surface area contributed by atoms with Crippen LogP contribution in [0.15, 0.2) is 85.1 Å². The van der Waals surface area contributed by atoms with Gasteiger partial charge < -0.3 is 34.2 Å². The van der Waals surface area contributed by atoms with E-state index in [1.165, 1.54) is 154 Å². The van der Waals surface area contributed by atoms with E-state index >= 15 is 0 Å². The maximum absolute atomic E-state index is 12.9. The topological polar surface area (TPSA) is 231 Å². The molecule has 0 spiro atoms. The second kappa shape index (κ2) is 72.5. The number of rotatable bonds is 74. The molecule has 0 saturated carbocycles. The van der Waals surface area contributed by atoms with Crippen molar-refractivity contribution >= 4 is 33.6 Å². The largest absolute Gasteiger partial charge is 0.472 e. The molecule has 0 aromatic heterocycles. The second-order valence-corrected chi connectivity index (χ2v) is 29.1. The summed E-state index contributed by atoms with van der Waals surface area (Å²) in [6, 6.07) is 0. The van der Waals surface area contributed by atoms with Crippen LogP contribution in [0.25, 0.3) is 0 Å². The summed E-state index contributed by atoms with van der Waals surface area (Å²) < 4.78 is 60.9. The van der Waals surface area contributed by atoms with Gasteiger partial charge in [-0.2, -0.15) is 0 Å². The van der Waals surface area contributed by atoms with E-state index in [4.69, 9.17) is 32.3 Å². The average molecular weight is 1410 g/mol. The Labute approximate surface area is 591 Å². The molecule has 0 aliphatic carbocycles. The first-order valence-electron chi connectivity index (χ1n) is 38.9. The highest BCUT2D eigenvalue weighted by atomic mass is 31.2. The quantitative estimate of drug-likeness (QED) is 0.0146. The molecule has 0 fully saturated rings. The number of ether oxygens (including phenoxy) is 3. The first kappa shape index (κ1) is 93.7. The van der Waals surface area contributed by atoms with Gasteiger partial charge >= 0.3 is 33.6 Å². The third-order valence-electron chi connectivity index (χ3n) is 16.5. The van der Waals surface area contributed by atoms with Gasteiger partial charge in [0, 0.05) is 19.3 Å². The molecule has 0 aliphatic rings. The molecule has 0 rings (SSSR count). The van der Waals surface area contributed by atoms with Crippen molar-refractivity contribution in [1.29, 1.82) is 0 Å². The number of unbranched alkanes of at least 4 members (excludes halogenated alkanes) is 37. The molecule has 0 aromatic rings. The number of carbonyl (C=O) groups excluding carboxylic acids is 3. The lowest BCUT2D eigenvalue weighted by Gasteiger charge is -2.21. The Bertz CT molecular complexity index is 2110. The van der Waals surface area contributed by atoms with Crippen LogP contribution < -0.4 is 0 Å². The van der Waals surface area contributed by atoms with Gasteiger partial charge in [0.15, 0.2) is 6.10 Å². The van der Waals surface area contributed by atoms with Gasteiger partial charge in [-0.05, 0) is 116 Å². The fourth-order valence-electron chi connectivity index (χ4n) is 10.6. The highest BCUT2D eigenvalue weighted by molar-refractivity contribution is 7.47. The molecule has 18 heteroatoms. The molecule has 0 radical (unpaired) electrons. The average Bonchev–Trinajstić information content (AvgIpc) is 1.79. The Morgan fingerprint density at radius 3 is 0.887 bits per heavy atom. The summed E-state index contributed by atoms with van der Waals surface area (Å²) in [4.78, 5) is 58.4. The molecular formula is C79H142O16P2. The van der Waals surface area contributed by atoms with Crippen LogP contribution in [0.3, 0.4) is 0 Å². The zero-order chi connectivity index (χ0) is 70.9. The summed E-state index contributed by atoms with van der Waals surface area (Å²) in [5, 5.41) is 20.6. The van der Waals surface area contributed by atoms with Gasteiger partial charge in [0.2, 0.25) is 0 Å². The van der Waals surface area contributed by atoms with Crippen LogP contribution in [0.2, 0.25) is 0 Å². The molecule has 0 saturated heterocycles. The lowest BCUT2D eigenvalue weighted by atomic mass is 10.0. The highest BCUT2D eigenvalue weighted by Crippen LogP contribution is 2.45. The van der Waals surface area contributed by atoms with Crippen molar-refractivity contribution < 1.29 is 75.8 Å². The normalized spacial score (nSPS) is 14.5. The van der Waals surface area contributed by atoms with Gasteiger partial charge in [0.05, 0.1) is 26.4 Å². The molecule has 0 aliphatic heterocycles. The first-order valence-corrected chi connectivity index (χ1v) is 41.9. The third-order valence-corrected chi connectivity index (χ3v) is 18.4. The van der Waals surface area contributed by atoms with Crippen LogP contribution in [0.1, 0.15) is 342 Å². The van der Waals surface area contributed by atoms with Crippen LogP contribution in [-0.2, 0) is 55.8 Å². The summed E-state index contributed by atoms with van der Waals surface area (Å²) in [6.07, 6.45) is 81.0. The number of phosphoric ester groups is 2. The minimum absolute atomic E-state index is 0.0934. The monoisotopic (exact) mass is 1410 g/mol. The lowest BCUT2D eigenvalue weighted by molar-refractivity contribution is -0.161. The Kier molecular flexibility index (Phi) is 70.1. The van der Waals surface area contributed by atoms with Gasteiger partial charge in [-0.15, -0.1) is 0 Å². The number of carbonyl (C=O) groups is 3. The molecular weight excluding hydrogens is 1270 g/mol. The van der Waals surface area contributed by atoms with E-state index in [0.717, 1.165) is 128 Å². The Morgan fingerprint density at radius 2 is 0.536 bits per heavy atom. The predicted molar refractivity (Wildman–Crippen MR) is 399 cm³/mol. The summed E-state index contributed by atoms with van der Waals surface area (Å²) in [6.45, 7) is 2.56. The molecule has 0 amide bonds. The number of aliphatic hydroxyl groups excluding tert-OH is 2. The number of aliphatic hydroxyl groups is 2. The summed E-state index contributed by atoms with van der Waals surface area (Å²) in [5.41, 5.74) is 0. The molecule has 5 atom stereocenters. The van der Waals surface area contributed by atoms with Crippen LogP contribution in [0.4, 0.5) is 0 Å². The fraction of sp³-hybridized carbons (Fsp3) is 0.785. The minimum atomic E-state index is -4.92. The molecule has 564 valence electrons. The number of phosphoric acid groups is 2. The Balaban J connectivity index is 4.28. The first-order chi connectivity index (χ1) is 47.2. The molecule has 97 heavy (non-hydrogen) atoms. The van der Waals surface area contributed by atoms with Crippen molar-refractivity contribution in [3.05, 3.63) is 85.1 Å². The van der Waals surface area contributed by atoms with E-state index in [1.54, 1.807) is 0 Å². The van der Waals surface area contributed by atoms with Crippen molar-refractivity contribution in [2.75, 3.05) is 39.6 Å². The van der Waals surface area contributed by atoms with Gasteiger partial charge in [-0.3, -0.25) is 32.5 Å². The summed E-state index contributed by atoms with van der Waals surface area (Å²) in [7, 11) is -9.77. The van der Waals surface area contributed by atoms with E-state index in [1.807, 2.05) is 0 Å². The fourth-order valence-corrected chi connectivity index (χ4v) is 12.2. The van der Waals surface area contributed by atoms with E-state index in [-0.39, 0.29) is 19.3 Å². The zero-order valence-corrected chi connectivity index (χ0v) is 63.3. The van der Waals surface area contributed by atoms with Gasteiger partial charge in [-0.1, -0.05) is 292 Å². The van der Waals surface area contributed by atoms with Crippen molar-refractivity contribution in [2.24, 2.45) is 0 Å². The van der Waals surface area contributed by atoms with Crippen molar-refractivity contribution in [3.8, 4) is 0 Å². The van der Waals surface area contributed by atoms with Crippen molar-refractivity contribution in [3.63, 3.8) is 0 Å². The molecule has 0 heterocycles. The van der Waals surface area contributed by atoms with Gasteiger partial charge in [0.1, 0.15) is 25.4 Å². The van der Waals surface area contributed by atoms with Crippen molar-refractivity contribution in [2.45, 2.75) is 360 Å². The minimum Gasteiger partial charge on any atom is -0.463 e. The number of allylic oxidation sites excluding steroid dienone is 14. The van der Waals surface area contributed by atoms with Crippen LogP contribution >= 0.6 is 15.6 Å². The molecule has 0 bridgehead atoms. The lowest BCUT2D eigenvalue weighted by Crippen LogP contribution is -2.30. The summed E-state index contributed by atoms with van der Waals surface area (Å²) in [5.74, 6) is -1.59. The Morgan fingerprint density at radius 1 is 0.289 bits per heavy atom. The predicted octanol–water partition coefficient (Wildman–Crippen LogP) is 22.4.